The van der Waals surface area contributed by atoms with Gasteiger partial charge in [-0.25, -0.2) is 4.39 Å². The first-order valence-electron chi connectivity index (χ1n) is 8.22. The van der Waals surface area contributed by atoms with Gasteiger partial charge in [0.25, 0.3) is 0 Å². The third-order valence-corrected chi connectivity index (χ3v) is 3.82. The van der Waals surface area contributed by atoms with Gasteiger partial charge in [0.15, 0.2) is 0 Å². The number of aliphatic hydroxyl groups is 1. The molecule has 0 bridgehead atoms. The first kappa shape index (κ1) is 19.1. The van der Waals surface area contributed by atoms with Crippen molar-refractivity contribution < 1.29 is 23.8 Å². The molecule has 7 nitrogen and oxygen atoms in total. The minimum Gasteiger partial charge on any atom is -0.394 e. The second kappa shape index (κ2) is 8.26. The normalized spacial score (nSPS) is 21.6. The summed E-state index contributed by atoms with van der Waals surface area (Å²) in [5.41, 5.74) is 0.616. The third-order valence-electron chi connectivity index (χ3n) is 3.82. The zero-order chi connectivity index (χ0) is 18.6. The number of morpholine rings is 1. The maximum atomic E-state index is 14.4. The summed E-state index contributed by atoms with van der Waals surface area (Å²) in [4.78, 5) is 25.3. The molecule has 138 valence electrons. The van der Waals surface area contributed by atoms with E-state index in [0.29, 0.717) is 18.8 Å². The Labute approximate surface area is 146 Å². The van der Waals surface area contributed by atoms with Crippen LogP contribution in [0.2, 0.25) is 0 Å². The van der Waals surface area contributed by atoms with Gasteiger partial charge in [-0.05, 0) is 39.0 Å². The van der Waals surface area contributed by atoms with Crippen LogP contribution in [-0.4, -0.2) is 54.9 Å². The molecular formula is C17H24FN3O4. The number of carbonyl (C=O) groups excluding carboxylic acids is 2. The molecule has 2 rings (SSSR count). The fourth-order valence-corrected chi connectivity index (χ4v) is 2.74. The largest absolute Gasteiger partial charge is 0.394 e. The Morgan fingerprint density at radius 3 is 2.52 bits per heavy atom. The quantitative estimate of drug-likeness (QED) is 0.699. The summed E-state index contributed by atoms with van der Waals surface area (Å²) in [7, 11) is 0. The van der Waals surface area contributed by atoms with Gasteiger partial charge in [-0.3, -0.25) is 9.59 Å². The highest BCUT2D eigenvalue weighted by atomic mass is 19.1. The first-order valence-corrected chi connectivity index (χ1v) is 8.22. The number of hydrogen-bond donors (Lipinski definition) is 3. The highest BCUT2D eigenvalue weighted by molar-refractivity contribution is 6.39. The van der Waals surface area contributed by atoms with Crippen LogP contribution in [0, 0.1) is 5.82 Å². The monoisotopic (exact) mass is 353 g/mol. The minimum absolute atomic E-state index is 0.000241. The Hall–Kier alpha value is -2.19. The predicted molar refractivity (Wildman–Crippen MR) is 91.9 cm³/mol. The van der Waals surface area contributed by atoms with Crippen LogP contribution in [0.3, 0.4) is 0 Å². The lowest BCUT2D eigenvalue weighted by Crippen LogP contribution is -2.45. The van der Waals surface area contributed by atoms with E-state index in [1.165, 1.54) is 6.07 Å². The lowest BCUT2D eigenvalue weighted by molar-refractivity contribution is -0.136. The van der Waals surface area contributed by atoms with Crippen LogP contribution in [0.15, 0.2) is 18.2 Å². The predicted octanol–water partition coefficient (Wildman–Crippen LogP) is 0.875. The number of nitrogens with one attached hydrogen (secondary N) is 2. The van der Waals surface area contributed by atoms with Crippen molar-refractivity contribution in [2.75, 3.05) is 29.9 Å². The smallest absolute Gasteiger partial charge is 0.313 e. The number of benzene rings is 1. The van der Waals surface area contributed by atoms with E-state index in [1.807, 2.05) is 18.7 Å². The fourth-order valence-electron chi connectivity index (χ4n) is 2.74. The molecule has 0 spiro atoms. The molecule has 1 aromatic carbocycles. The Bertz CT molecular complexity index is 630. The van der Waals surface area contributed by atoms with Gasteiger partial charge in [-0.15, -0.1) is 0 Å². The van der Waals surface area contributed by atoms with E-state index in [0.717, 1.165) is 0 Å². The van der Waals surface area contributed by atoms with Gasteiger partial charge in [-0.2, -0.15) is 0 Å². The number of anilines is 2. The number of carbonyl (C=O) groups is 2. The highest BCUT2D eigenvalue weighted by Crippen LogP contribution is 2.26. The third kappa shape index (κ3) is 5.14. The lowest BCUT2D eigenvalue weighted by atomic mass is 10.2. The van der Waals surface area contributed by atoms with Crippen molar-refractivity contribution in [1.29, 1.82) is 0 Å². The molecule has 2 amide bonds. The molecule has 1 aromatic rings. The second-order valence-electron chi connectivity index (χ2n) is 6.34. The molecule has 0 saturated carbocycles. The Morgan fingerprint density at radius 1 is 1.32 bits per heavy atom. The van der Waals surface area contributed by atoms with Gasteiger partial charge < -0.3 is 25.4 Å². The van der Waals surface area contributed by atoms with Crippen molar-refractivity contribution in [3.05, 3.63) is 24.0 Å². The van der Waals surface area contributed by atoms with E-state index in [1.54, 1.807) is 19.1 Å². The topological polar surface area (TPSA) is 90.9 Å². The molecular weight excluding hydrogens is 329 g/mol. The van der Waals surface area contributed by atoms with Crippen LogP contribution in [-0.2, 0) is 14.3 Å². The molecule has 8 heteroatoms. The van der Waals surface area contributed by atoms with Crippen LogP contribution in [0.25, 0.3) is 0 Å². The second-order valence-corrected chi connectivity index (χ2v) is 6.34. The van der Waals surface area contributed by atoms with Gasteiger partial charge in [0.1, 0.15) is 5.82 Å². The van der Waals surface area contributed by atoms with Crippen LogP contribution in [0.4, 0.5) is 15.8 Å². The fraction of sp³-hybridized carbons (Fsp3) is 0.529. The van der Waals surface area contributed by atoms with Crippen LogP contribution in [0.5, 0.6) is 0 Å². The van der Waals surface area contributed by atoms with Crippen molar-refractivity contribution in [1.82, 2.24) is 5.32 Å². The Kier molecular flexibility index (Phi) is 6.33. The van der Waals surface area contributed by atoms with Gasteiger partial charge in [0.05, 0.1) is 24.5 Å². The molecule has 1 aliphatic heterocycles. The number of ether oxygens (including phenoxy) is 1. The number of hydrogen-bond acceptors (Lipinski definition) is 5. The molecule has 1 saturated heterocycles. The average Bonchev–Trinajstić information content (AvgIpc) is 2.53. The highest BCUT2D eigenvalue weighted by Gasteiger charge is 2.24. The summed E-state index contributed by atoms with van der Waals surface area (Å²) >= 11 is 0. The number of amides is 2. The van der Waals surface area contributed by atoms with E-state index >= 15 is 0 Å². The van der Waals surface area contributed by atoms with Gasteiger partial charge in [-0.1, -0.05) is 0 Å². The summed E-state index contributed by atoms with van der Waals surface area (Å²) in [6, 6.07) is 3.76. The molecule has 1 aliphatic rings. The molecule has 0 aromatic heterocycles. The summed E-state index contributed by atoms with van der Waals surface area (Å²) in [6.07, 6.45) is -0.000482. The van der Waals surface area contributed by atoms with Gasteiger partial charge in [0, 0.05) is 24.8 Å². The first-order chi connectivity index (χ1) is 11.8. The number of halogens is 1. The molecule has 1 fully saturated rings. The molecule has 0 radical (unpaired) electrons. The van der Waals surface area contributed by atoms with E-state index in [2.05, 4.69) is 10.6 Å². The minimum atomic E-state index is -0.916. The summed E-state index contributed by atoms with van der Waals surface area (Å²) in [6.45, 7) is 6.30. The molecule has 3 atom stereocenters. The van der Waals surface area contributed by atoms with E-state index in [9.17, 15) is 14.0 Å². The average molecular weight is 353 g/mol. The molecule has 1 heterocycles. The number of aliphatic hydroxyl groups excluding tert-OH is 1. The maximum Gasteiger partial charge on any atom is 0.313 e. The number of nitrogens with zero attached hydrogens (tertiary/aromatic N) is 1. The van der Waals surface area contributed by atoms with Crippen molar-refractivity contribution in [2.24, 2.45) is 0 Å². The van der Waals surface area contributed by atoms with Crippen LogP contribution >= 0.6 is 0 Å². The van der Waals surface area contributed by atoms with Crippen molar-refractivity contribution >= 4 is 23.2 Å². The van der Waals surface area contributed by atoms with E-state index < -0.39 is 23.7 Å². The van der Waals surface area contributed by atoms with Crippen molar-refractivity contribution in [2.45, 2.75) is 39.0 Å². The lowest BCUT2D eigenvalue weighted by Gasteiger charge is -2.37. The molecule has 3 N–H and O–H groups in total. The standard InChI is InChI=1S/C17H24FN3O4/c1-10(9-22)19-16(23)17(24)20-13-4-5-15(14(18)6-13)21-7-11(2)25-12(3)8-21/h4-6,10-12,22H,7-9H2,1-3H3,(H,19,23)(H,20,24). The van der Waals surface area contributed by atoms with Gasteiger partial charge in [0.2, 0.25) is 0 Å². The van der Waals surface area contributed by atoms with Crippen molar-refractivity contribution in [3.8, 4) is 0 Å². The SMILES string of the molecule is CC(CO)NC(=O)C(=O)Nc1ccc(N2CC(C)OC(C)C2)c(F)c1. The maximum absolute atomic E-state index is 14.4. The zero-order valence-electron chi connectivity index (χ0n) is 14.6. The molecule has 0 aliphatic carbocycles. The van der Waals surface area contributed by atoms with E-state index in [4.69, 9.17) is 9.84 Å². The zero-order valence-corrected chi connectivity index (χ0v) is 14.6. The van der Waals surface area contributed by atoms with Crippen LogP contribution < -0.4 is 15.5 Å². The Balaban J connectivity index is 2.04. The van der Waals surface area contributed by atoms with E-state index in [-0.39, 0.29) is 24.5 Å². The Morgan fingerprint density at radius 2 is 1.96 bits per heavy atom. The molecule has 3 unspecified atom stereocenters. The van der Waals surface area contributed by atoms with Crippen LogP contribution in [0.1, 0.15) is 20.8 Å². The summed E-state index contributed by atoms with van der Waals surface area (Å²) in [5.74, 6) is -2.29. The number of rotatable bonds is 4. The summed E-state index contributed by atoms with van der Waals surface area (Å²) in [5, 5.41) is 13.5. The van der Waals surface area contributed by atoms with Crippen molar-refractivity contribution in [3.63, 3.8) is 0 Å². The summed E-state index contributed by atoms with van der Waals surface area (Å²) < 4.78 is 20.1. The molecule has 25 heavy (non-hydrogen) atoms. The van der Waals surface area contributed by atoms with Gasteiger partial charge >= 0.3 is 11.8 Å².